The van der Waals surface area contributed by atoms with E-state index in [1.54, 1.807) is 20.2 Å². The molecule has 1 aliphatic rings. The predicted molar refractivity (Wildman–Crippen MR) is 126 cm³/mol. The minimum absolute atomic E-state index is 0.125. The van der Waals surface area contributed by atoms with Crippen molar-refractivity contribution in [2.75, 3.05) is 20.7 Å². The number of methoxy groups -OCH3 is 1. The molecule has 3 N–H and O–H groups in total. The Hall–Kier alpha value is -3.53. The lowest BCUT2D eigenvalue weighted by molar-refractivity contribution is 0.0932. The van der Waals surface area contributed by atoms with Crippen LogP contribution in [0.4, 0.5) is 0 Å². The molecule has 0 atom stereocenters. The average Bonchev–Trinajstić information content (AvgIpc) is 2.83. The first-order chi connectivity index (χ1) is 15.5. The highest BCUT2D eigenvalue weighted by atomic mass is 16.5. The fraction of sp³-hybridized carbons (Fsp3) is 0.400. The second-order valence-corrected chi connectivity index (χ2v) is 8.21. The Labute approximate surface area is 189 Å². The third-order valence-electron chi connectivity index (χ3n) is 6.32. The summed E-state index contributed by atoms with van der Waals surface area (Å²) in [5.74, 6) is 0.979. The van der Waals surface area contributed by atoms with Gasteiger partial charge in [0.2, 0.25) is 12.2 Å². The molecule has 168 valence electrons. The average molecular weight is 434 g/mol. The third-order valence-corrected chi connectivity index (χ3v) is 6.32. The van der Waals surface area contributed by atoms with Crippen molar-refractivity contribution in [3.05, 3.63) is 65.2 Å². The van der Waals surface area contributed by atoms with Gasteiger partial charge >= 0.3 is 0 Å². The SMILES string of the molecule is CN/C(=N\C#N)N[C@H]1CC[C@](CNC(=O)c2cccc(C)c2OC)(c2ccccc2)CC1. The number of para-hydroxylation sites is 1. The number of nitrogens with zero attached hydrogens (tertiary/aromatic N) is 2. The summed E-state index contributed by atoms with van der Waals surface area (Å²) in [6.45, 7) is 2.48. The summed E-state index contributed by atoms with van der Waals surface area (Å²) in [6, 6.07) is 16.2. The highest BCUT2D eigenvalue weighted by molar-refractivity contribution is 5.97. The van der Waals surface area contributed by atoms with Crippen molar-refractivity contribution in [3.63, 3.8) is 0 Å². The van der Waals surface area contributed by atoms with E-state index in [0.717, 1.165) is 31.2 Å². The molecule has 7 nitrogen and oxygen atoms in total. The quantitative estimate of drug-likeness (QED) is 0.369. The van der Waals surface area contributed by atoms with E-state index < -0.39 is 0 Å². The lowest BCUT2D eigenvalue weighted by Gasteiger charge is -2.41. The van der Waals surface area contributed by atoms with Crippen LogP contribution in [0.25, 0.3) is 0 Å². The van der Waals surface area contributed by atoms with E-state index in [2.05, 4.69) is 33.1 Å². The Balaban J connectivity index is 1.76. The lowest BCUT2D eigenvalue weighted by Crippen LogP contribution is -2.49. The molecule has 1 saturated carbocycles. The Morgan fingerprint density at radius 1 is 1.19 bits per heavy atom. The summed E-state index contributed by atoms with van der Waals surface area (Å²) < 4.78 is 5.47. The molecule has 2 aromatic carbocycles. The first kappa shape index (κ1) is 23.1. The minimum Gasteiger partial charge on any atom is -0.496 e. The zero-order chi connectivity index (χ0) is 23.0. The molecule has 2 aromatic rings. The van der Waals surface area contributed by atoms with Gasteiger partial charge in [0.05, 0.1) is 12.7 Å². The summed E-state index contributed by atoms with van der Waals surface area (Å²) in [5.41, 5.74) is 2.56. The number of nitriles is 1. The molecular formula is C25H31N5O2. The van der Waals surface area contributed by atoms with E-state index in [-0.39, 0.29) is 17.4 Å². The van der Waals surface area contributed by atoms with E-state index in [0.29, 0.717) is 23.8 Å². The Morgan fingerprint density at radius 2 is 1.91 bits per heavy atom. The standard InChI is InChI=1S/C25H31N5O2/c1-18-8-7-11-21(22(18)32-3)23(31)28-16-25(19-9-5-4-6-10-19)14-12-20(13-15-25)30-24(27-2)29-17-26/h4-11,20H,12-16H2,1-3H3,(H,28,31)(H2,27,29,30)/t20-,25-. The van der Waals surface area contributed by atoms with Crippen molar-refractivity contribution in [1.29, 1.82) is 5.26 Å². The van der Waals surface area contributed by atoms with Crippen LogP contribution in [0.5, 0.6) is 5.75 Å². The summed E-state index contributed by atoms with van der Waals surface area (Å²) in [7, 11) is 3.34. The fourth-order valence-electron chi connectivity index (χ4n) is 4.52. The van der Waals surface area contributed by atoms with Crippen molar-refractivity contribution in [2.24, 2.45) is 4.99 Å². The van der Waals surface area contributed by atoms with E-state index >= 15 is 0 Å². The molecule has 32 heavy (non-hydrogen) atoms. The molecule has 1 aliphatic carbocycles. The Bertz CT molecular complexity index is 989. The summed E-state index contributed by atoms with van der Waals surface area (Å²) >= 11 is 0. The van der Waals surface area contributed by atoms with Crippen LogP contribution >= 0.6 is 0 Å². The topological polar surface area (TPSA) is 98.5 Å². The van der Waals surface area contributed by atoms with Gasteiger partial charge in [-0.1, -0.05) is 42.5 Å². The molecule has 0 aliphatic heterocycles. The number of amides is 1. The monoisotopic (exact) mass is 433 g/mol. The van der Waals surface area contributed by atoms with Crippen molar-refractivity contribution < 1.29 is 9.53 Å². The third kappa shape index (κ3) is 5.20. The zero-order valence-electron chi connectivity index (χ0n) is 18.9. The van der Waals surface area contributed by atoms with Gasteiger partial charge in [0.15, 0.2) is 0 Å². The van der Waals surface area contributed by atoms with E-state index in [1.165, 1.54) is 5.56 Å². The molecule has 0 radical (unpaired) electrons. The van der Waals surface area contributed by atoms with E-state index in [4.69, 9.17) is 10.00 Å². The van der Waals surface area contributed by atoms with Crippen molar-refractivity contribution in [2.45, 2.75) is 44.1 Å². The summed E-state index contributed by atoms with van der Waals surface area (Å²) in [5, 5.41) is 18.3. The van der Waals surface area contributed by atoms with Gasteiger partial charge in [0.1, 0.15) is 5.75 Å². The lowest BCUT2D eigenvalue weighted by atomic mass is 9.68. The largest absolute Gasteiger partial charge is 0.496 e. The molecule has 1 amide bonds. The number of guanidine groups is 1. The number of benzene rings is 2. The van der Waals surface area contributed by atoms with Crippen LogP contribution in [0.15, 0.2) is 53.5 Å². The predicted octanol–water partition coefficient (Wildman–Crippen LogP) is 3.26. The number of nitrogens with one attached hydrogen (secondary N) is 3. The van der Waals surface area contributed by atoms with Gasteiger partial charge in [-0.25, -0.2) is 0 Å². The van der Waals surface area contributed by atoms with Crippen LogP contribution in [0.2, 0.25) is 0 Å². The molecular weight excluding hydrogens is 402 g/mol. The second-order valence-electron chi connectivity index (χ2n) is 8.21. The van der Waals surface area contributed by atoms with E-state index in [9.17, 15) is 4.79 Å². The fourth-order valence-corrected chi connectivity index (χ4v) is 4.52. The number of aliphatic imine (C=N–C) groups is 1. The van der Waals surface area contributed by atoms with Crippen molar-refractivity contribution in [3.8, 4) is 11.9 Å². The smallest absolute Gasteiger partial charge is 0.255 e. The van der Waals surface area contributed by atoms with Crippen molar-refractivity contribution >= 4 is 11.9 Å². The normalized spacial score (nSPS) is 20.7. The number of carbonyl (C=O) groups excluding carboxylic acids is 1. The van der Waals surface area contributed by atoms with Gasteiger partial charge in [0, 0.05) is 25.0 Å². The Kier molecular flexibility index (Phi) is 7.72. The number of hydrogen-bond donors (Lipinski definition) is 3. The number of aryl methyl sites for hydroxylation is 1. The molecule has 1 fully saturated rings. The number of rotatable bonds is 6. The molecule has 0 heterocycles. The van der Waals surface area contributed by atoms with Gasteiger partial charge < -0.3 is 20.7 Å². The highest BCUT2D eigenvalue weighted by Crippen LogP contribution is 2.39. The van der Waals surface area contributed by atoms with Gasteiger partial charge in [-0.05, 0) is 49.8 Å². The maximum atomic E-state index is 13.1. The molecule has 0 bridgehead atoms. The van der Waals surface area contributed by atoms with Crippen LogP contribution in [-0.2, 0) is 5.41 Å². The first-order valence-corrected chi connectivity index (χ1v) is 10.9. The second kappa shape index (κ2) is 10.7. The van der Waals surface area contributed by atoms with Gasteiger partial charge in [0.25, 0.3) is 5.91 Å². The van der Waals surface area contributed by atoms with Crippen LogP contribution < -0.4 is 20.7 Å². The zero-order valence-corrected chi connectivity index (χ0v) is 18.9. The maximum absolute atomic E-state index is 13.1. The van der Waals surface area contributed by atoms with Gasteiger partial charge in [-0.3, -0.25) is 4.79 Å². The summed E-state index contributed by atoms with van der Waals surface area (Å²) in [4.78, 5) is 16.8. The molecule has 7 heteroatoms. The van der Waals surface area contributed by atoms with E-state index in [1.807, 2.05) is 43.4 Å². The van der Waals surface area contributed by atoms with Crippen LogP contribution in [0, 0.1) is 18.4 Å². The summed E-state index contributed by atoms with van der Waals surface area (Å²) in [6.07, 6.45) is 5.44. The number of ether oxygens (including phenoxy) is 1. The molecule has 0 aromatic heterocycles. The van der Waals surface area contributed by atoms with Gasteiger partial charge in [-0.15, -0.1) is 4.99 Å². The molecule has 0 spiro atoms. The number of carbonyl (C=O) groups is 1. The molecule has 0 saturated heterocycles. The highest BCUT2D eigenvalue weighted by Gasteiger charge is 2.37. The van der Waals surface area contributed by atoms with Crippen LogP contribution in [0.3, 0.4) is 0 Å². The van der Waals surface area contributed by atoms with Crippen molar-refractivity contribution in [1.82, 2.24) is 16.0 Å². The Morgan fingerprint density at radius 3 is 2.53 bits per heavy atom. The molecule has 0 unspecified atom stereocenters. The number of hydrogen-bond acceptors (Lipinski definition) is 4. The molecule has 3 rings (SSSR count). The first-order valence-electron chi connectivity index (χ1n) is 10.9. The van der Waals surface area contributed by atoms with Crippen LogP contribution in [0.1, 0.15) is 47.2 Å². The van der Waals surface area contributed by atoms with Gasteiger partial charge in [-0.2, -0.15) is 5.26 Å². The maximum Gasteiger partial charge on any atom is 0.255 e. The van der Waals surface area contributed by atoms with Crippen LogP contribution in [-0.4, -0.2) is 38.6 Å². The minimum atomic E-state index is -0.154.